The molecule has 4 nitrogen and oxygen atoms in total. The van der Waals surface area contributed by atoms with E-state index in [0.717, 1.165) is 5.56 Å². The van der Waals surface area contributed by atoms with Crippen molar-refractivity contribution in [1.82, 2.24) is 4.31 Å². The molecule has 1 unspecified atom stereocenters. The molecule has 0 aliphatic rings. The van der Waals surface area contributed by atoms with Gasteiger partial charge in [-0.1, -0.05) is 48.5 Å². The average molecular weight is 319 g/mol. The molecule has 0 spiro atoms. The summed E-state index contributed by atoms with van der Waals surface area (Å²) in [7, 11) is -1.93. The van der Waals surface area contributed by atoms with Crippen molar-refractivity contribution in [2.75, 3.05) is 20.2 Å². The van der Waals surface area contributed by atoms with Crippen LogP contribution in [0, 0.1) is 0 Å². The van der Waals surface area contributed by atoms with Crippen molar-refractivity contribution < 1.29 is 13.5 Å². The lowest BCUT2D eigenvalue weighted by molar-refractivity contribution is 0.267. The summed E-state index contributed by atoms with van der Waals surface area (Å²) in [5, 5.41) is 9.26. The van der Waals surface area contributed by atoms with E-state index in [2.05, 4.69) is 0 Å². The van der Waals surface area contributed by atoms with Crippen LogP contribution in [0.15, 0.2) is 65.6 Å². The highest BCUT2D eigenvalue weighted by atomic mass is 32.2. The summed E-state index contributed by atoms with van der Waals surface area (Å²) in [6.45, 7) is 0.362. The minimum Gasteiger partial charge on any atom is -0.396 e. The fourth-order valence-electron chi connectivity index (χ4n) is 2.43. The van der Waals surface area contributed by atoms with Crippen LogP contribution in [0.4, 0.5) is 0 Å². The van der Waals surface area contributed by atoms with Gasteiger partial charge in [0.1, 0.15) is 0 Å². The number of benzene rings is 2. The third kappa shape index (κ3) is 3.94. The molecule has 5 heteroatoms. The Morgan fingerprint density at radius 3 is 2.09 bits per heavy atom. The Kier molecular flexibility index (Phi) is 5.71. The number of sulfonamides is 1. The molecule has 0 radical (unpaired) electrons. The summed E-state index contributed by atoms with van der Waals surface area (Å²) in [6.07, 6.45) is 0.526. The predicted molar refractivity (Wildman–Crippen MR) is 87.1 cm³/mol. The van der Waals surface area contributed by atoms with Gasteiger partial charge in [-0.05, 0) is 30.0 Å². The first-order valence-electron chi connectivity index (χ1n) is 7.23. The zero-order valence-corrected chi connectivity index (χ0v) is 13.4. The van der Waals surface area contributed by atoms with Gasteiger partial charge in [-0.15, -0.1) is 0 Å². The highest BCUT2D eigenvalue weighted by Gasteiger charge is 2.24. The lowest BCUT2D eigenvalue weighted by atomic mass is 9.96. The first-order chi connectivity index (χ1) is 10.6. The fraction of sp³-hybridized carbons (Fsp3) is 0.294. The third-order valence-electron chi connectivity index (χ3n) is 3.68. The average Bonchev–Trinajstić information content (AvgIpc) is 2.56. The molecule has 2 aromatic carbocycles. The van der Waals surface area contributed by atoms with Crippen molar-refractivity contribution in [2.45, 2.75) is 17.2 Å². The number of aliphatic hydroxyl groups excluding tert-OH is 1. The molecule has 0 aromatic heterocycles. The van der Waals surface area contributed by atoms with Crippen LogP contribution in [-0.4, -0.2) is 38.0 Å². The van der Waals surface area contributed by atoms with E-state index in [1.807, 2.05) is 30.3 Å². The summed E-state index contributed by atoms with van der Waals surface area (Å²) in [5.41, 5.74) is 1.03. The monoisotopic (exact) mass is 319 g/mol. The van der Waals surface area contributed by atoms with Crippen LogP contribution in [0.2, 0.25) is 0 Å². The van der Waals surface area contributed by atoms with E-state index in [1.54, 1.807) is 37.4 Å². The molecule has 0 aliphatic carbocycles. The Labute approximate surface area is 132 Å². The Balaban J connectivity index is 2.20. The SMILES string of the molecule is CN(CC(CCO)c1ccccc1)S(=O)(=O)c1ccccc1. The Morgan fingerprint density at radius 1 is 1.00 bits per heavy atom. The highest BCUT2D eigenvalue weighted by molar-refractivity contribution is 7.89. The van der Waals surface area contributed by atoms with Crippen molar-refractivity contribution in [3.05, 3.63) is 66.2 Å². The van der Waals surface area contributed by atoms with Gasteiger partial charge in [0.25, 0.3) is 0 Å². The molecule has 118 valence electrons. The van der Waals surface area contributed by atoms with Crippen LogP contribution in [-0.2, 0) is 10.0 Å². The third-order valence-corrected chi connectivity index (χ3v) is 5.52. The van der Waals surface area contributed by atoms with Gasteiger partial charge in [-0.25, -0.2) is 12.7 Å². The summed E-state index contributed by atoms with van der Waals surface area (Å²) in [6, 6.07) is 18.1. The van der Waals surface area contributed by atoms with Gasteiger partial charge in [0.05, 0.1) is 4.90 Å². The van der Waals surface area contributed by atoms with Crippen molar-refractivity contribution in [2.24, 2.45) is 0 Å². The topological polar surface area (TPSA) is 57.6 Å². The van der Waals surface area contributed by atoms with E-state index in [9.17, 15) is 13.5 Å². The summed E-state index contributed by atoms with van der Waals surface area (Å²) >= 11 is 0. The lowest BCUT2D eigenvalue weighted by Gasteiger charge is -2.24. The second-order valence-corrected chi connectivity index (χ2v) is 7.26. The van der Waals surface area contributed by atoms with E-state index in [4.69, 9.17) is 0 Å². The van der Waals surface area contributed by atoms with Crippen molar-refractivity contribution in [1.29, 1.82) is 0 Å². The van der Waals surface area contributed by atoms with Crippen molar-refractivity contribution in [3.8, 4) is 0 Å². The van der Waals surface area contributed by atoms with E-state index in [-0.39, 0.29) is 17.4 Å². The van der Waals surface area contributed by atoms with Crippen molar-refractivity contribution >= 4 is 10.0 Å². The van der Waals surface area contributed by atoms with Crippen LogP contribution >= 0.6 is 0 Å². The molecule has 0 saturated carbocycles. The number of aliphatic hydroxyl groups is 1. The molecule has 1 atom stereocenters. The predicted octanol–water partition coefficient (Wildman–Crippen LogP) is 2.47. The van der Waals surface area contributed by atoms with E-state index >= 15 is 0 Å². The van der Waals surface area contributed by atoms with Crippen LogP contribution < -0.4 is 0 Å². The summed E-state index contributed by atoms with van der Waals surface area (Å²) in [5.74, 6) is -0.0327. The molecule has 2 aromatic rings. The quantitative estimate of drug-likeness (QED) is 0.853. The number of likely N-dealkylation sites (N-methyl/N-ethyl adjacent to an activating group) is 1. The van der Waals surface area contributed by atoms with Gasteiger partial charge in [0.2, 0.25) is 10.0 Å². The number of rotatable bonds is 7. The second-order valence-electron chi connectivity index (χ2n) is 5.22. The zero-order valence-electron chi connectivity index (χ0n) is 12.6. The first kappa shape index (κ1) is 16.7. The number of hydrogen-bond acceptors (Lipinski definition) is 3. The van der Waals surface area contributed by atoms with Crippen molar-refractivity contribution in [3.63, 3.8) is 0 Å². The Morgan fingerprint density at radius 2 is 1.55 bits per heavy atom. The maximum Gasteiger partial charge on any atom is 0.242 e. The van der Waals surface area contributed by atoms with Crippen LogP contribution in [0.25, 0.3) is 0 Å². The normalized spacial score (nSPS) is 13.2. The van der Waals surface area contributed by atoms with Gasteiger partial charge >= 0.3 is 0 Å². The molecule has 0 fully saturated rings. The molecule has 0 amide bonds. The standard InChI is InChI=1S/C17H21NO3S/c1-18(22(20,21)17-10-6-3-7-11-17)14-16(12-13-19)15-8-4-2-5-9-15/h2-11,16,19H,12-14H2,1H3. The van der Waals surface area contributed by atoms with Crippen LogP contribution in [0.3, 0.4) is 0 Å². The molecule has 0 bridgehead atoms. The molecule has 22 heavy (non-hydrogen) atoms. The molecule has 0 heterocycles. The molecule has 0 saturated heterocycles. The second kappa shape index (κ2) is 7.54. The molecular formula is C17H21NO3S. The van der Waals surface area contributed by atoms with E-state index in [1.165, 1.54) is 4.31 Å². The molecular weight excluding hydrogens is 298 g/mol. The highest BCUT2D eigenvalue weighted by Crippen LogP contribution is 2.23. The molecule has 1 N–H and O–H groups in total. The van der Waals surface area contributed by atoms with Gasteiger partial charge in [0.15, 0.2) is 0 Å². The summed E-state index contributed by atoms with van der Waals surface area (Å²) < 4.78 is 26.5. The largest absolute Gasteiger partial charge is 0.396 e. The maximum absolute atomic E-state index is 12.6. The van der Waals surface area contributed by atoms with E-state index in [0.29, 0.717) is 13.0 Å². The first-order valence-corrected chi connectivity index (χ1v) is 8.67. The van der Waals surface area contributed by atoms with Gasteiger partial charge < -0.3 is 5.11 Å². The molecule has 2 rings (SSSR count). The fourth-order valence-corrected chi connectivity index (χ4v) is 3.66. The minimum absolute atomic E-state index is 0.0266. The lowest BCUT2D eigenvalue weighted by Crippen LogP contribution is -2.31. The van der Waals surface area contributed by atoms with Gasteiger partial charge in [-0.3, -0.25) is 0 Å². The number of nitrogens with zero attached hydrogens (tertiary/aromatic N) is 1. The summed E-state index contributed by atoms with van der Waals surface area (Å²) in [4.78, 5) is 0.285. The Bertz CT molecular complexity index is 672. The number of hydrogen-bond donors (Lipinski definition) is 1. The van der Waals surface area contributed by atoms with Crippen LogP contribution in [0.1, 0.15) is 17.9 Å². The zero-order chi connectivity index (χ0) is 16.0. The molecule has 0 aliphatic heterocycles. The van der Waals surface area contributed by atoms with Gasteiger partial charge in [-0.2, -0.15) is 0 Å². The van der Waals surface area contributed by atoms with E-state index < -0.39 is 10.0 Å². The minimum atomic E-state index is -3.51. The maximum atomic E-state index is 12.6. The van der Waals surface area contributed by atoms with Crippen LogP contribution in [0.5, 0.6) is 0 Å². The van der Waals surface area contributed by atoms with Gasteiger partial charge in [0, 0.05) is 20.2 Å². The smallest absolute Gasteiger partial charge is 0.242 e. The Hall–Kier alpha value is -1.69.